The summed E-state index contributed by atoms with van der Waals surface area (Å²) in [5.74, 6) is 0.472. The Bertz CT molecular complexity index is 987. The molecular formula is C23H28N2O3S. The van der Waals surface area contributed by atoms with Gasteiger partial charge in [-0.15, -0.1) is 0 Å². The third-order valence-corrected chi connectivity index (χ3v) is 8.32. The Kier molecular flexibility index (Phi) is 5.15. The molecule has 2 saturated carbocycles. The summed E-state index contributed by atoms with van der Waals surface area (Å²) in [5, 5.41) is 4.48. The van der Waals surface area contributed by atoms with Gasteiger partial charge < -0.3 is 4.84 Å². The first-order valence-electron chi connectivity index (χ1n) is 10.1. The van der Waals surface area contributed by atoms with Crippen molar-refractivity contribution < 1.29 is 13.3 Å². The lowest BCUT2D eigenvalue weighted by Crippen LogP contribution is -2.43. The average Bonchev–Trinajstić information content (AvgIpc) is 3.04. The van der Waals surface area contributed by atoms with Crippen LogP contribution in [0, 0.1) is 16.7 Å². The molecule has 2 fully saturated rings. The Labute approximate surface area is 173 Å². The molecule has 2 bridgehead atoms. The van der Waals surface area contributed by atoms with E-state index in [2.05, 4.69) is 23.7 Å². The minimum Gasteiger partial charge on any atom is -0.391 e. The molecule has 0 aliphatic heterocycles. The molecule has 2 aromatic carbocycles. The first-order valence-corrected chi connectivity index (χ1v) is 11.8. The minimum atomic E-state index is -3.53. The number of para-hydroxylation sites is 1. The van der Waals surface area contributed by atoms with Gasteiger partial charge in [0.25, 0.3) is 0 Å². The molecule has 2 aliphatic rings. The smallest absolute Gasteiger partial charge is 0.233 e. The lowest BCUT2D eigenvalue weighted by molar-refractivity contribution is 0.123. The number of benzene rings is 2. The Hall–Kier alpha value is -2.34. The molecule has 2 aromatic rings. The fraction of sp³-hybridized carbons (Fsp3) is 0.435. The Balaban J connectivity index is 1.56. The molecule has 4 rings (SSSR count). The predicted octanol–water partition coefficient (Wildman–Crippen LogP) is 4.83. The summed E-state index contributed by atoms with van der Waals surface area (Å²) >= 11 is 0. The third kappa shape index (κ3) is 3.78. The van der Waals surface area contributed by atoms with Gasteiger partial charge >= 0.3 is 0 Å². The number of nitrogens with one attached hydrogen (secondary N) is 1. The molecule has 5 nitrogen and oxygen atoms in total. The lowest BCUT2D eigenvalue weighted by Gasteiger charge is -2.37. The normalized spacial score (nSPS) is 26.6. The quantitative estimate of drug-likeness (QED) is 0.663. The predicted molar refractivity (Wildman–Crippen MR) is 116 cm³/mol. The number of fused-ring (bicyclic) bond motifs is 2. The van der Waals surface area contributed by atoms with Crippen molar-refractivity contribution in [3.05, 3.63) is 66.2 Å². The van der Waals surface area contributed by atoms with Crippen molar-refractivity contribution in [2.75, 3.05) is 10.5 Å². The lowest BCUT2D eigenvalue weighted by atomic mass is 9.70. The SMILES string of the molecule is CC1(C)C2CCC1(CS(=O)(=O)Nc1ccccc1)C(=NOCc1ccccc1)C2. The van der Waals surface area contributed by atoms with E-state index >= 15 is 0 Å². The fourth-order valence-electron chi connectivity index (χ4n) is 5.07. The van der Waals surface area contributed by atoms with E-state index in [0.717, 1.165) is 30.5 Å². The number of sulfonamides is 1. The van der Waals surface area contributed by atoms with Crippen LogP contribution in [-0.4, -0.2) is 19.9 Å². The van der Waals surface area contributed by atoms with E-state index in [-0.39, 0.29) is 11.2 Å². The zero-order valence-electron chi connectivity index (χ0n) is 17.0. The highest BCUT2D eigenvalue weighted by molar-refractivity contribution is 7.92. The summed E-state index contributed by atoms with van der Waals surface area (Å²) in [5.41, 5.74) is 1.91. The van der Waals surface area contributed by atoms with Crippen LogP contribution in [0.5, 0.6) is 0 Å². The number of hydrogen-bond donors (Lipinski definition) is 1. The first-order chi connectivity index (χ1) is 13.8. The van der Waals surface area contributed by atoms with Crippen LogP contribution in [-0.2, 0) is 21.5 Å². The van der Waals surface area contributed by atoms with Gasteiger partial charge in [-0.05, 0) is 48.3 Å². The maximum Gasteiger partial charge on any atom is 0.233 e. The van der Waals surface area contributed by atoms with Crippen molar-refractivity contribution in [1.82, 2.24) is 0 Å². The van der Waals surface area contributed by atoms with Crippen LogP contribution in [0.15, 0.2) is 65.8 Å². The molecule has 0 radical (unpaired) electrons. The van der Waals surface area contributed by atoms with Gasteiger partial charge in [0.2, 0.25) is 10.0 Å². The number of anilines is 1. The molecule has 0 amide bonds. The van der Waals surface area contributed by atoms with Gasteiger partial charge in [-0.1, -0.05) is 67.5 Å². The van der Waals surface area contributed by atoms with Crippen molar-refractivity contribution in [3.8, 4) is 0 Å². The van der Waals surface area contributed by atoms with Crippen LogP contribution in [0.2, 0.25) is 0 Å². The van der Waals surface area contributed by atoms with E-state index in [0.29, 0.717) is 18.2 Å². The zero-order valence-corrected chi connectivity index (χ0v) is 17.8. The van der Waals surface area contributed by atoms with Gasteiger partial charge in [-0.25, -0.2) is 8.42 Å². The monoisotopic (exact) mass is 412 g/mol. The molecule has 0 saturated heterocycles. The molecule has 0 heterocycles. The Morgan fingerprint density at radius 2 is 1.72 bits per heavy atom. The molecule has 0 aromatic heterocycles. The average molecular weight is 413 g/mol. The molecule has 2 aliphatic carbocycles. The standard InChI is InChI=1S/C23H28N2O3S/c1-22(2)19-13-14-23(22,17-29(26,27)25-20-11-7-4-8-12-20)21(15-19)24-28-16-18-9-5-3-6-10-18/h3-12,19,25H,13-17H2,1-2H3. The van der Waals surface area contributed by atoms with Crippen molar-refractivity contribution in [2.45, 2.75) is 39.7 Å². The summed E-state index contributed by atoms with van der Waals surface area (Å²) in [4.78, 5) is 5.68. The summed E-state index contributed by atoms with van der Waals surface area (Å²) in [7, 11) is -3.53. The summed E-state index contributed by atoms with van der Waals surface area (Å²) in [6.07, 6.45) is 2.67. The molecule has 1 N–H and O–H groups in total. The van der Waals surface area contributed by atoms with Gasteiger partial charge in [0, 0.05) is 11.1 Å². The fourth-order valence-corrected chi connectivity index (χ4v) is 6.97. The summed E-state index contributed by atoms with van der Waals surface area (Å²) < 4.78 is 28.9. The molecule has 2 atom stereocenters. The maximum atomic E-state index is 13.1. The maximum absolute atomic E-state index is 13.1. The third-order valence-electron chi connectivity index (χ3n) is 6.90. The van der Waals surface area contributed by atoms with E-state index in [1.165, 1.54) is 0 Å². The second kappa shape index (κ2) is 7.48. The topological polar surface area (TPSA) is 67.8 Å². The second-order valence-corrected chi connectivity index (χ2v) is 10.5. The van der Waals surface area contributed by atoms with E-state index in [9.17, 15) is 8.42 Å². The van der Waals surface area contributed by atoms with Gasteiger partial charge in [0.15, 0.2) is 0 Å². The van der Waals surface area contributed by atoms with Gasteiger partial charge in [0.1, 0.15) is 6.61 Å². The van der Waals surface area contributed by atoms with Crippen molar-refractivity contribution in [3.63, 3.8) is 0 Å². The number of nitrogens with zero attached hydrogens (tertiary/aromatic N) is 1. The number of rotatable bonds is 7. The molecule has 2 unspecified atom stereocenters. The van der Waals surface area contributed by atoms with Crippen LogP contribution < -0.4 is 4.72 Å². The van der Waals surface area contributed by atoms with Gasteiger partial charge in [0.05, 0.1) is 11.5 Å². The molecule has 6 heteroatoms. The van der Waals surface area contributed by atoms with Crippen LogP contribution in [0.25, 0.3) is 0 Å². The molecule has 29 heavy (non-hydrogen) atoms. The molecule has 0 spiro atoms. The molecular weight excluding hydrogens is 384 g/mol. The molecule has 154 valence electrons. The van der Waals surface area contributed by atoms with E-state index < -0.39 is 15.4 Å². The van der Waals surface area contributed by atoms with Crippen LogP contribution in [0.4, 0.5) is 5.69 Å². The van der Waals surface area contributed by atoms with Gasteiger partial charge in [-0.3, -0.25) is 4.72 Å². The van der Waals surface area contributed by atoms with Crippen LogP contribution in [0.3, 0.4) is 0 Å². The largest absolute Gasteiger partial charge is 0.391 e. The second-order valence-electron chi connectivity index (χ2n) is 8.77. The van der Waals surface area contributed by atoms with Crippen molar-refractivity contribution in [2.24, 2.45) is 21.9 Å². The zero-order chi connectivity index (χ0) is 20.5. The van der Waals surface area contributed by atoms with E-state index in [1.54, 1.807) is 12.1 Å². The van der Waals surface area contributed by atoms with Crippen molar-refractivity contribution in [1.29, 1.82) is 0 Å². The van der Waals surface area contributed by atoms with Crippen molar-refractivity contribution >= 4 is 21.4 Å². The highest BCUT2D eigenvalue weighted by Crippen LogP contribution is 2.64. The van der Waals surface area contributed by atoms with Gasteiger partial charge in [-0.2, -0.15) is 0 Å². The first kappa shape index (κ1) is 20.0. The Morgan fingerprint density at radius 3 is 2.38 bits per heavy atom. The number of oxime groups is 1. The summed E-state index contributed by atoms with van der Waals surface area (Å²) in [6, 6.07) is 18.9. The van der Waals surface area contributed by atoms with Crippen LogP contribution in [0.1, 0.15) is 38.7 Å². The highest BCUT2D eigenvalue weighted by Gasteiger charge is 2.64. The Morgan fingerprint density at radius 1 is 1.07 bits per heavy atom. The minimum absolute atomic E-state index is 0.0337. The van der Waals surface area contributed by atoms with E-state index in [4.69, 9.17) is 4.84 Å². The van der Waals surface area contributed by atoms with Crippen LogP contribution >= 0.6 is 0 Å². The number of hydrogen-bond acceptors (Lipinski definition) is 4. The highest BCUT2D eigenvalue weighted by atomic mass is 32.2. The summed E-state index contributed by atoms with van der Waals surface area (Å²) in [6.45, 7) is 4.76. The van der Waals surface area contributed by atoms with E-state index in [1.807, 2.05) is 48.5 Å².